The van der Waals surface area contributed by atoms with E-state index in [0.29, 0.717) is 0 Å². The van der Waals surface area contributed by atoms with Crippen LogP contribution in [0.5, 0.6) is 0 Å². The van der Waals surface area contributed by atoms with E-state index < -0.39 is 0 Å². The van der Waals surface area contributed by atoms with E-state index in [0.717, 1.165) is 0 Å². The van der Waals surface area contributed by atoms with Crippen LogP contribution in [0.25, 0.3) is 0 Å². The minimum absolute atomic E-state index is 1.65. The topological polar surface area (TPSA) is 0 Å². The summed E-state index contributed by atoms with van der Waals surface area (Å²) < 4.78 is 0. The summed E-state index contributed by atoms with van der Waals surface area (Å²) in [7, 11) is 0. The zero-order valence-electron chi connectivity index (χ0n) is 4.86. The van der Waals surface area contributed by atoms with Crippen molar-refractivity contribution in [3.05, 3.63) is 18.4 Å². The van der Waals surface area contributed by atoms with Gasteiger partial charge < -0.3 is 0 Å². The van der Waals surface area contributed by atoms with Gasteiger partial charge >= 0.3 is 0 Å². The van der Waals surface area contributed by atoms with Gasteiger partial charge in [0.05, 0.1) is 0 Å². The second kappa shape index (κ2) is 19.5. The summed E-state index contributed by atoms with van der Waals surface area (Å²) in [5.41, 5.74) is 2.56. The molecular weight excluding hydrogens is 84.1 g/mol. The normalized spacial score (nSPS) is 3.57. The molecule has 0 aromatic rings. The minimum Gasteiger partial charge on any atom is -0.133 e. The molecule has 0 aliphatic carbocycles. The van der Waals surface area contributed by atoms with E-state index in [9.17, 15) is 0 Å². The summed E-state index contributed by atoms with van der Waals surface area (Å²) in [6.45, 7) is 6.83. The number of hydrogen-bond acceptors (Lipinski definition) is 0. The highest BCUT2D eigenvalue weighted by Crippen LogP contribution is 1.46. The largest absolute Gasteiger partial charge is 0.133 e. The van der Waals surface area contributed by atoms with Crippen LogP contribution in [0.2, 0.25) is 0 Å². The highest BCUT2D eigenvalue weighted by atomic mass is 13.3. The van der Waals surface area contributed by atoms with Crippen LogP contribution in [0.3, 0.4) is 0 Å². The Morgan fingerprint density at radius 1 is 1.71 bits per heavy atom. The Balaban J connectivity index is 0. The Hall–Kier alpha value is -0.920. The number of terminal acetylenes is 1. The van der Waals surface area contributed by atoms with E-state index in [2.05, 4.69) is 24.7 Å². The number of hydrogen-bond donors (Lipinski definition) is 0. The molecule has 0 saturated carbocycles. The molecule has 0 aliphatic heterocycles. The van der Waals surface area contributed by atoms with Gasteiger partial charge in [-0.3, -0.25) is 0 Å². The van der Waals surface area contributed by atoms with Gasteiger partial charge in [0, 0.05) is 0 Å². The van der Waals surface area contributed by atoms with Crippen LogP contribution >= 0.6 is 0 Å². The molecule has 0 aliphatic rings. The van der Waals surface area contributed by atoms with Crippen molar-refractivity contribution in [2.75, 3.05) is 0 Å². The highest BCUT2D eigenvalue weighted by molar-refractivity contribution is 4.73. The second-order valence-electron chi connectivity index (χ2n) is 0.781. The molecule has 38 valence electrons. The first-order valence-corrected chi connectivity index (χ1v) is 2.01. The van der Waals surface area contributed by atoms with E-state index in [4.69, 9.17) is 0 Å². The average Bonchev–Trinajstić information content (AvgIpc) is 1.69. The van der Waals surface area contributed by atoms with Gasteiger partial charge in [-0.05, 0) is 19.9 Å². The van der Waals surface area contributed by atoms with E-state index in [1.54, 1.807) is 13.0 Å². The first kappa shape index (κ1) is 9.43. The molecule has 0 aromatic carbocycles. The molecular formula is C7H10. The lowest BCUT2D eigenvalue weighted by Gasteiger charge is -1.37. The predicted octanol–water partition coefficient (Wildman–Crippen LogP) is 1.99. The minimum atomic E-state index is 1.65. The number of rotatable bonds is 0. The zero-order valence-corrected chi connectivity index (χ0v) is 4.86. The van der Waals surface area contributed by atoms with Gasteiger partial charge in [-0.1, -0.05) is 6.58 Å². The van der Waals surface area contributed by atoms with Gasteiger partial charge in [-0.2, -0.15) is 0 Å². The van der Waals surface area contributed by atoms with Crippen LogP contribution in [-0.2, 0) is 0 Å². The second-order valence-corrected chi connectivity index (χ2v) is 0.781. The molecule has 0 heteroatoms. The van der Waals surface area contributed by atoms with Crippen molar-refractivity contribution < 1.29 is 0 Å². The molecule has 0 spiro atoms. The fourth-order valence-electron chi connectivity index (χ4n) is 0. The summed E-state index contributed by atoms with van der Waals surface area (Å²) in [5, 5.41) is 0. The van der Waals surface area contributed by atoms with E-state index >= 15 is 0 Å². The Morgan fingerprint density at radius 2 is 1.86 bits per heavy atom. The molecule has 0 nitrogen and oxygen atoms in total. The van der Waals surface area contributed by atoms with Crippen LogP contribution in [0.1, 0.15) is 13.8 Å². The lowest BCUT2D eigenvalue weighted by atomic mass is 10.7. The first-order chi connectivity index (χ1) is 3.33. The van der Waals surface area contributed by atoms with Crippen molar-refractivity contribution in [1.82, 2.24) is 0 Å². The quantitative estimate of drug-likeness (QED) is 0.318. The Kier molecular flexibility index (Phi) is 26.3. The third-order valence-electron chi connectivity index (χ3n) is 0.204. The molecule has 0 saturated heterocycles. The smallest absolute Gasteiger partial charge is 0.00297 e. The molecule has 0 atom stereocenters. The Labute approximate surface area is 45.6 Å². The fourth-order valence-corrected chi connectivity index (χ4v) is 0. The number of allylic oxidation sites excluding steroid dienone is 1. The zero-order chi connectivity index (χ0) is 6.12. The average molecular weight is 94.2 g/mol. The van der Waals surface area contributed by atoms with Gasteiger partial charge in [0.2, 0.25) is 0 Å². The molecule has 0 unspecified atom stereocenters. The molecule has 0 bridgehead atoms. The monoisotopic (exact) mass is 94.1 g/mol. The maximum absolute atomic E-state index is 4.60. The van der Waals surface area contributed by atoms with Crippen LogP contribution < -0.4 is 0 Å². The summed E-state index contributed by atoms with van der Waals surface area (Å²) in [6, 6.07) is 0. The standard InChI is InChI=1S/C4H6.C3H4/c1-3-4-2;1-3-2/h4H,1H2,2H3;1H,2H3. The van der Waals surface area contributed by atoms with Gasteiger partial charge in [-0.25, -0.2) is 0 Å². The molecule has 0 rings (SSSR count). The molecule has 7 heavy (non-hydrogen) atoms. The Bertz CT molecular complexity index is 87.1. The fraction of sp³-hybridized carbons (Fsp3) is 0.286. The van der Waals surface area contributed by atoms with Gasteiger partial charge in [0.15, 0.2) is 0 Å². The van der Waals surface area contributed by atoms with Crippen LogP contribution in [0, 0.1) is 12.3 Å². The van der Waals surface area contributed by atoms with Crippen molar-refractivity contribution >= 4 is 0 Å². The van der Waals surface area contributed by atoms with E-state index in [-0.39, 0.29) is 0 Å². The van der Waals surface area contributed by atoms with E-state index in [1.165, 1.54) is 0 Å². The third kappa shape index (κ3) is 7530. The summed E-state index contributed by atoms with van der Waals surface area (Å²) in [6.07, 6.45) is 6.36. The highest BCUT2D eigenvalue weighted by Gasteiger charge is 1.24. The van der Waals surface area contributed by atoms with Crippen molar-refractivity contribution in [2.24, 2.45) is 0 Å². The summed E-state index contributed by atoms with van der Waals surface area (Å²) in [4.78, 5) is 0. The van der Waals surface area contributed by atoms with Gasteiger partial charge in [0.25, 0.3) is 0 Å². The molecule has 0 heterocycles. The van der Waals surface area contributed by atoms with Gasteiger partial charge in [-0.15, -0.1) is 18.1 Å². The third-order valence-corrected chi connectivity index (χ3v) is 0.204. The van der Waals surface area contributed by atoms with Crippen molar-refractivity contribution in [1.29, 1.82) is 0 Å². The maximum atomic E-state index is 4.60. The molecule has 0 N–H and O–H groups in total. The van der Waals surface area contributed by atoms with Crippen LogP contribution in [0.15, 0.2) is 18.4 Å². The summed E-state index contributed by atoms with van der Waals surface area (Å²) >= 11 is 0. The predicted molar refractivity (Wildman–Crippen MR) is 33.9 cm³/mol. The van der Waals surface area contributed by atoms with Gasteiger partial charge in [0.1, 0.15) is 0 Å². The lowest BCUT2D eigenvalue weighted by Crippen LogP contribution is -1.15. The van der Waals surface area contributed by atoms with Crippen LogP contribution in [-0.4, -0.2) is 0 Å². The summed E-state index contributed by atoms with van der Waals surface area (Å²) in [5.74, 6) is 2.25. The molecule has 0 fully saturated rings. The SMILES string of the molecule is C#CC.C=C=CC. The van der Waals surface area contributed by atoms with Crippen molar-refractivity contribution in [3.8, 4) is 12.3 Å². The first-order valence-electron chi connectivity index (χ1n) is 2.01. The van der Waals surface area contributed by atoms with Crippen molar-refractivity contribution in [3.63, 3.8) is 0 Å². The molecule has 0 radical (unpaired) electrons. The Morgan fingerprint density at radius 3 is 1.86 bits per heavy atom. The molecule has 0 aromatic heterocycles. The van der Waals surface area contributed by atoms with E-state index in [1.807, 2.05) is 6.92 Å². The van der Waals surface area contributed by atoms with Crippen LogP contribution in [0.4, 0.5) is 0 Å². The lowest BCUT2D eigenvalue weighted by molar-refractivity contribution is 1.78. The molecule has 0 amide bonds. The maximum Gasteiger partial charge on any atom is -0.00297 e. The van der Waals surface area contributed by atoms with Crippen molar-refractivity contribution in [2.45, 2.75) is 13.8 Å².